The largest absolute Gasteiger partial charge is 0.385 e. The minimum absolute atomic E-state index is 0. The molecule has 7 heteroatoms. The molecule has 0 spiro atoms. The maximum atomic E-state index is 5.32. The smallest absolute Gasteiger partial charge is 0.191 e. The standard InChI is InChI=1S/C21H36N4O2.HI/c1-22-20(25-17-21(12-14-26-2)10-4-5-11-21)24-16-18-6-8-19(9-7-18)23-13-15-27-3;/h6-9,23H,4-5,10-17H2,1-3H3,(H2,22,24,25);1H. The molecule has 2 rings (SSSR count). The predicted molar refractivity (Wildman–Crippen MR) is 128 cm³/mol. The number of nitrogens with one attached hydrogen (secondary N) is 3. The van der Waals surface area contributed by atoms with Crippen LogP contribution in [-0.2, 0) is 16.0 Å². The molecule has 0 radical (unpaired) electrons. The highest BCUT2D eigenvalue weighted by Gasteiger charge is 2.33. The Morgan fingerprint density at radius 2 is 1.71 bits per heavy atom. The number of hydrogen-bond acceptors (Lipinski definition) is 4. The fourth-order valence-corrected chi connectivity index (χ4v) is 3.67. The highest BCUT2D eigenvalue weighted by atomic mass is 127. The van der Waals surface area contributed by atoms with Crippen molar-refractivity contribution in [2.45, 2.75) is 38.6 Å². The van der Waals surface area contributed by atoms with Crippen LogP contribution in [0.1, 0.15) is 37.7 Å². The van der Waals surface area contributed by atoms with Gasteiger partial charge in [-0.1, -0.05) is 25.0 Å². The van der Waals surface area contributed by atoms with Crippen LogP contribution in [0.25, 0.3) is 0 Å². The van der Waals surface area contributed by atoms with Crippen molar-refractivity contribution >= 4 is 35.6 Å². The van der Waals surface area contributed by atoms with Crippen LogP contribution in [0, 0.1) is 5.41 Å². The van der Waals surface area contributed by atoms with E-state index in [4.69, 9.17) is 9.47 Å². The number of nitrogens with zero attached hydrogens (tertiary/aromatic N) is 1. The lowest BCUT2D eigenvalue weighted by Gasteiger charge is -2.30. The molecule has 1 aliphatic carbocycles. The van der Waals surface area contributed by atoms with Crippen LogP contribution in [-0.4, -0.2) is 53.5 Å². The average molecular weight is 504 g/mol. The normalized spacial score (nSPS) is 15.8. The number of guanidine groups is 1. The number of benzene rings is 1. The lowest BCUT2D eigenvalue weighted by Crippen LogP contribution is -2.43. The maximum absolute atomic E-state index is 5.32. The molecule has 0 heterocycles. The van der Waals surface area contributed by atoms with Crippen molar-refractivity contribution in [2.75, 3.05) is 52.9 Å². The summed E-state index contributed by atoms with van der Waals surface area (Å²) >= 11 is 0. The van der Waals surface area contributed by atoms with Gasteiger partial charge in [0.1, 0.15) is 0 Å². The van der Waals surface area contributed by atoms with Crippen LogP contribution < -0.4 is 16.0 Å². The molecule has 6 nitrogen and oxygen atoms in total. The summed E-state index contributed by atoms with van der Waals surface area (Å²) < 4.78 is 10.4. The first kappa shape index (κ1) is 25.0. The summed E-state index contributed by atoms with van der Waals surface area (Å²) in [4.78, 5) is 4.38. The van der Waals surface area contributed by atoms with Gasteiger partial charge in [-0.3, -0.25) is 4.99 Å². The molecule has 0 saturated heterocycles. The molecule has 1 aromatic carbocycles. The Morgan fingerprint density at radius 1 is 1.04 bits per heavy atom. The van der Waals surface area contributed by atoms with Gasteiger partial charge >= 0.3 is 0 Å². The molecular weight excluding hydrogens is 467 g/mol. The molecule has 1 aliphatic rings. The first-order chi connectivity index (χ1) is 13.2. The maximum Gasteiger partial charge on any atom is 0.191 e. The summed E-state index contributed by atoms with van der Waals surface area (Å²) in [5, 5.41) is 10.3. The first-order valence-electron chi connectivity index (χ1n) is 9.96. The van der Waals surface area contributed by atoms with E-state index in [9.17, 15) is 0 Å². The van der Waals surface area contributed by atoms with Crippen molar-refractivity contribution in [1.82, 2.24) is 10.6 Å². The minimum Gasteiger partial charge on any atom is -0.385 e. The van der Waals surface area contributed by atoms with Gasteiger partial charge in [-0.15, -0.1) is 24.0 Å². The third-order valence-electron chi connectivity index (χ3n) is 5.40. The molecule has 28 heavy (non-hydrogen) atoms. The molecule has 0 atom stereocenters. The van der Waals surface area contributed by atoms with Crippen molar-refractivity contribution in [3.05, 3.63) is 29.8 Å². The van der Waals surface area contributed by atoms with Gasteiger partial charge in [-0.25, -0.2) is 0 Å². The molecule has 0 bridgehead atoms. The van der Waals surface area contributed by atoms with Gasteiger partial charge in [0.05, 0.1) is 6.61 Å². The molecule has 1 saturated carbocycles. The van der Waals surface area contributed by atoms with E-state index < -0.39 is 0 Å². The second-order valence-electron chi connectivity index (χ2n) is 7.35. The van der Waals surface area contributed by atoms with Crippen molar-refractivity contribution in [1.29, 1.82) is 0 Å². The third kappa shape index (κ3) is 8.53. The van der Waals surface area contributed by atoms with E-state index in [1.807, 2.05) is 7.05 Å². The van der Waals surface area contributed by atoms with Crippen LogP contribution in [0.4, 0.5) is 5.69 Å². The van der Waals surface area contributed by atoms with E-state index in [0.717, 1.165) is 44.3 Å². The van der Waals surface area contributed by atoms with E-state index in [1.165, 1.54) is 31.2 Å². The van der Waals surface area contributed by atoms with Gasteiger partial charge in [0.25, 0.3) is 0 Å². The fraction of sp³-hybridized carbons (Fsp3) is 0.667. The van der Waals surface area contributed by atoms with Gasteiger partial charge in [0.2, 0.25) is 0 Å². The van der Waals surface area contributed by atoms with Gasteiger partial charge in [-0.05, 0) is 42.4 Å². The van der Waals surface area contributed by atoms with Crippen molar-refractivity contribution in [3.63, 3.8) is 0 Å². The number of ether oxygens (including phenoxy) is 2. The number of rotatable bonds is 11. The predicted octanol–water partition coefficient (Wildman–Crippen LogP) is 3.62. The molecule has 1 aromatic rings. The highest BCUT2D eigenvalue weighted by molar-refractivity contribution is 14.0. The summed E-state index contributed by atoms with van der Waals surface area (Å²) in [7, 11) is 5.33. The average Bonchev–Trinajstić information content (AvgIpc) is 3.17. The number of aliphatic imine (C=N–C) groups is 1. The van der Waals surface area contributed by atoms with Crippen LogP contribution in [0.3, 0.4) is 0 Å². The van der Waals surface area contributed by atoms with Gasteiger partial charge in [-0.2, -0.15) is 0 Å². The summed E-state index contributed by atoms with van der Waals surface area (Å²) in [6.07, 6.45) is 6.31. The van der Waals surface area contributed by atoms with Gasteiger partial charge in [0.15, 0.2) is 5.96 Å². The monoisotopic (exact) mass is 504 g/mol. The Hall–Kier alpha value is -1.06. The second-order valence-corrected chi connectivity index (χ2v) is 7.35. The van der Waals surface area contributed by atoms with E-state index >= 15 is 0 Å². The van der Waals surface area contributed by atoms with E-state index in [0.29, 0.717) is 12.0 Å². The van der Waals surface area contributed by atoms with Gasteiger partial charge in [0, 0.05) is 53.2 Å². The number of hydrogen-bond donors (Lipinski definition) is 3. The molecular formula is C21H37IN4O2. The number of anilines is 1. The van der Waals surface area contributed by atoms with E-state index in [1.54, 1.807) is 14.2 Å². The zero-order valence-corrected chi connectivity index (χ0v) is 19.9. The topological polar surface area (TPSA) is 66.9 Å². The molecule has 3 N–H and O–H groups in total. The second kappa shape index (κ2) is 14.0. The summed E-state index contributed by atoms with van der Waals surface area (Å²) in [5.74, 6) is 0.862. The quantitative estimate of drug-likeness (QED) is 0.186. The number of methoxy groups -OCH3 is 2. The van der Waals surface area contributed by atoms with Crippen LogP contribution >= 0.6 is 24.0 Å². The first-order valence-corrected chi connectivity index (χ1v) is 9.96. The van der Waals surface area contributed by atoms with Gasteiger partial charge < -0.3 is 25.4 Å². The Balaban J connectivity index is 0.00000392. The van der Waals surface area contributed by atoms with Crippen LogP contribution in [0.15, 0.2) is 29.3 Å². The zero-order valence-electron chi connectivity index (χ0n) is 17.6. The third-order valence-corrected chi connectivity index (χ3v) is 5.40. The molecule has 0 unspecified atom stereocenters. The summed E-state index contributed by atoms with van der Waals surface area (Å²) in [6, 6.07) is 8.46. The molecule has 0 amide bonds. The molecule has 160 valence electrons. The zero-order chi connectivity index (χ0) is 19.4. The Labute approximate surface area is 187 Å². The fourth-order valence-electron chi connectivity index (χ4n) is 3.67. The SMILES string of the molecule is CN=C(NCc1ccc(NCCOC)cc1)NCC1(CCOC)CCCC1.I. The number of halogens is 1. The lowest BCUT2D eigenvalue weighted by atomic mass is 9.83. The minimum atomic E-state index is 0. The van der Waals surface area contributed by atoms with Crippen molar-refractivity contribution in [2.24, 2.45) is 10.4 Å². The Kier molecular flexibility index (Phi) is 12.5. The molecule has 1 fully saturated rings. The van der Waals surface area contributed by atoms with Crippen molar-refractivity contribution in [3.8, 4) is 0 Å². The highest BCUT2D eigenvalue weighted by Crippen LogP contribution is 2.40. The molecule has 0 aromatic heterocycles. The van der Waals surface area contributed by atoms with Crippen LogP contribution in [0.2, 0.25) is 0 Å². The Bertz CT molecular complexity index is 560. The molecule has 0 aliphatic heterocycles. The van der Waals surface area contributed by atoms with E-state index in [2.05, 4.69) is 45.2 Å². The summed E-state index contributed by atoms with van der Waals surface area (Å²) in [5.41, 5.74) is 2.69. The summed E-state index contributed by atoms with van der Waals surface area (Å²) in [6.45, 7) is 4.06. The van der Waals surface area contributed by atoms with Crippen LogP contribution in [0.5, 0.6) is 0 Å². The van der Waals surface area contributed by atoms with Crippen molar-refractivity contribution < 1.29 is 9.47 Å². The lowest BCUT2D eigenvalue weighted by molar-refractivity contribution is 0.138. The van der Waals surface area contributed by atoms with E-state index in [-0.39, 0.29) is 24.0 Å². The Morgan fingerprint density at radius 3 is 2.32 bits per heavy atom.